The monoisotopic (exact) mass is 562 g/mol. The maximum Gasteiger partial charge on any atom is 0.339 e. The number of tetrazole rings is 1. The van der Waals surface area contributed by atoms with E-state index in [1.165, 1.54) is 23.5 Å². The first kappa shape index (κ1) is 25.8. The van der Waals surface area contributed by atoms with Gasteiger partial charge in [0.05, 0.1) is 25.1 Å². The van der Waals surface area contributed by atoms with Crippen LogP contribution in [0, 0.1) is 0 Å². The van der Waals surface area contributed by atoms with Crippen molar-refractivity contribution in [3.8, 4) is 5.75 Å². The Morgan fingerprint density at radius 3 is 2.58 bits per heavy atom. The lowest BCUT2D eigenvalue weighted by Crippen LogP contribution is -2.69. The summed E-state index contributed by atoms with van der Waals surface area (Å²) in [5.41, 5.74) is -0.424. The second-order valence-corrected chi connectivity index (χ2v) is 11.6. The number of methoxy groups -OCH3 is 2. The second-order valence-electron chi connectivity index (χ2n) is 8.51. The number of hydrogen-bond donors (Lipinski definition) is 1. The number of sulfone groups is 1. The molecule has 15 nitrogen and oxygen atoms in total. The summed E-state index contributed by atoms with van der Waals surface area (Å²) in [6.07, 6.45) is -1.14. The molecule has 17 heteroatoms. The number of thioether (sulfide) groups is 1. The number of β-lactam (4-membered cyclic amide) rings is 1. The van der Waals surface area contributed by atoms with Crippen molar-refractivity contribution in [1.82, 2.24) is 39.9 Å². The Hall–Kier alpha value is -3.83. The van der Waals surface area contributed by atoms with Crippen molar-refractivity contribution >= 4 is 33.2 Å². The third kappa shape index (κ3) is 4.41. The molecular weight excluding hydrogens is 540 g/mol. The number of rotatable bonds is 8. The fourth-order valence-corrected chi connectivity index (χ4v) is 7.40. The van der Waals surface area contributed by atoms with E-state index in [-0.39, 0.29) is 29.0 Å². The standard InChI is InChI=1S/C21H22N8O7S2/c1-27-21(22-17(30)18(31)24-27)37-9-12-10-38(33,34)20-15(36-3)19(32)29(20)14(12)16-23-25-26-28(16)8-11-4-6-13(35-2)7-5-11/h4-7,15,20H,8-10H2,1-3H3,(H,24,31)/t15-,20+/m0/s1. The lowest BCUT2D eigenvalue weighted by Gasteiger charge is -2.48. The van der Waals surface area contributed by atoms with Gasteiger partial charge in [-0.2, -0.15) is 4.98 Å². The van der Waals surface area contributed by atoms with Crippen molar-refractivity contribution < 1.29 is 22.7 Å². The number of benzene rings is 1. The summed E-state index contributed by atoms with van der Waals surface area (Å²) in [4.78, 5) is 41.3. The Bertz CT molecular complexity index is 1660. The van der Waals surface area contributed by atoms with Crippen LogP contribution < -0.4 is 15.9 Å². The van der Waals surface area contributed by atoms with E-state index in [0.29, 0.717) is 11.3 Å². The molecule has 0 bridgehead atoms. The highest BCUT2D eigenvalue weighted by Crippen LogP contribution is 2.42. The lowest BCUT2D eigenvalue weighted by molar-refractivity contribution is -0.156. The number of aromatic amines is 1. The number of aromatic nitrogens is 7. The largest absolute Gasteiger partial charge is 0.497 e. The molecule has 200 valence electrons. The van der Waals surface area contributed by atoms with Gasteiger partial charge >= 0.3 is 11.1 Å². The van der Waals surface area contributed by atoms with Crippen LogP contribution in [0.2, 0.25) is 0 Å². The molecule has 5 rings (SSSR count). The van der Waals surface area contributed by atoms with Crippen LogP contribution >= 0.6 is 11.8 Å². The summed E-state index contributed by atoms with van der Waals surface area (Å²) >= 11 is 1.03. The van der Waals surface area contributed by atoms with Crippen LogP contribution in [0.4, 0.5) is 0 Å². The number of nitrogens with zero attached hydrogens (tertiary/aromatic N) is 7. The summed E-state index contributed by atoms with van der Waals surface area (Å²) in [7, 11) is 0.506. The average Bonchev–Trinajstić information content (AvgIpc) is 3.33. The van der Waals surface area contributed by atoms with Gasteiger partial charge in [0.2, 0.25) is 0 Å². The topological polar surface area (TPSA) is 184 Å². The number of H-pyrrole nitrogens is 1. The van der Waals surface area contributed by atoms with Crippen molar-refractivity contribution in [3.05, 3.63) is 61.9 Å². The van der Waals surface area contributed by atoms with Gasteiger partial charge in [-0.15, -0.1) is 5.10 Å². The Labute approximate surface area is 219 Å². The Morgan fingerprint density at radius 1 is 1.16 bits per heavy atom. The Kier molecular flexibility index (Phi) is 6.66. The first-order chi connectivity index (χ1) is 18.1. The Balaban J connectivity index is 1.57. The van der Waals surface area contributed by atoms with E-state index in [9.17, 15) is 22.8 Å². The van der Waals surface area contributed by atoms with Crippen LogP contribution in [-0.2, 0) is 33.0 Å². The number of ether oxygens (including phenoxy) is 2. The van der Waals surface area contributed by atoms with Crippen LogP contribution in [0.25, 0.3) is 5.70 Å². The van der Waals surface area contributed by atoms with Crippen LogP contribution in [0.1, 0.15) is 11.4 Å². The molecule has 2 aliphatic heterocycles. The van der Waals surface area contributed by atoms with E-state index in [4.69, 9.17) is 9.47 Å². The summed E-state index contributed by atoms with van der Waals surface area (Å²) in [6.45, 7) is 0.235. The predicted octanol–water partition coefficient (Wildman–Crippen LogP) is -1.37. The van der Waals surface area contributed by atoms with Crippen molar-refractivity contribution in [3.63, 3.8) is 0 Å². The molecule has 0 unspecified atom stereocenters. The third-order valence-electron chi connectivity index (χ3n) is 6.13. The molecule has 3 aromatic rings. The number of fused-ring (bicyclic) bond motifs is 1. The van der Waals surface area contributed by atoms with Gasteiger partial charge in [-0.1, -0.05) is 23.9 Å². The van der Waals surface area contributed by atoms with Gasteiger partial charge in [-0.25, -0.2) is 13.1 Å². The highest BCUT2D eigenvalue weighted by molar-refractivity contribution is 7.99. The van der Waals surface area contributed by atoms with E-state index < -0.39 is 44.1 Å². The normalized spacial score (nSPS) is 20.3. The van der Waals surface area contributed by atoms with E-state index in [0.717, 1.165) is 22.2 Å². The molecule has 1 aromatic carbocycles. The molecule has 0 saturated carbocycles. The molecular formula is C21H22N8O7S2. The van der Waals surface area contributed by atoms with E-state index in [1.807, 2.05) is 12.1 Å². The molecule has 1 amide bonds. The van der Waals surface area contributed by atoms with Crippen molar-refractivity contribution in [2.45, 2.75) is 23.2 Å². The van der Waals surface area contributed by atoms with Gasteiger partial charge < -0.3 is 9.47 Å². The van der Waals surface area contributed by atoms with Crippen LogP contribution in [0.3, 0.4) is 0 Å². The summed E-state index contributed by atoms with van der Waals surface area (Å²) < 4.78 is 39.5. The average molecular weight is 563 g/mol. The number of carbonyl (C=O) groups is 1. The van der Waals surface area contributed by atoms with Gasteiger partial charge in [0.1, 0.15) is 5.75 Å². The van der Waals surface area contributed by atoms with Gasteiger partial charge in [-0.3, -0.25) is 29.1 Å². The second kappa shape index (κ2) is 9.80. The number of nitrogens with one attached hydrogen (secondary N) is 1. The number of hydrogen-bond acceptors (Lipinski definition) is 12. The zero-order valence-corrected chi connectivity index (χ0v) is 22.0. The minimum absolute atomic E-state index is 0.0183. The van der Waals surface area contributed by atoms with Gasteiger partial charge in [0.25, 0.3) is 5.91 Å². The molecule has 2 atom stereocenters. The lowest BCUT2D eigenvalue weighted by atomic mass is 10.1. The highest BCUT2D eigenvalue weighted by atomic mass is 32.2. The van der Waals surface area contributed by atoms with Crippen LogP contribution in [0.15, 0.2) is 44.6 Å². The number of aryl methyl sites for hydroxylation is 1. The number of amides is 1. The molecule has 38 heavy (non-hydrogen) atoms. The molecule has 2 aliphatic rings. The van der Waals surface area contributed by atoms with Crippen LogP contribution in [0.5, 0.6) is 5.75 Å². The number of carbonyl (C=O) groups excluding carboxylic acids is 1. The third-order valence-corrected chi connectivity index (χ3v) is 9.19. The molecule has 2 aromatic heterocycles. The van der Waals surface area contributed by atoms with Gasteiger partial charge in [-0.05, 0) is 33.7 Å². The molecule has 1 saturated heterocycles. The zero-order chi connectivity index (χ0) is 27.2. The quantitative estimate of drug-likeness (QED) is 0.193. The summed E-state index contributed by atoms with van der Waals surface area (Å²) in [5.74, 6) is -0.0368. The molecule has 1 fully saturated rings. The maximum absolute atomic E-state index is 13.2. The minimum Gasteiger partial charge on any atom is -0.497 e. The zero-order valence-electron chi connectivity index (χ0n) is 20.4. The van der Waals surface area contributed by atoms with Crippen molar-refractivity contribution in [1.29, 1.82) is 0 Å². The highest BCUT2D eigenvalue weighted by Gasteiger charge is 2.60. The molecule has 0 spiro atoms. The molecule has 0 aliphatic carbocycles. The smallest absolute Gasteiger partial charge is 0.339 e. The summed E-state index contributed by atoms with van der Waals surface area (Å²) in [5, 5.41) is 13.3. The minimum atomic E-state index is -3.83. The van der Waals surface area contributed by atoms with Crippen LogP contribution in [-0.4, -0.2) is 91.4 Å². The predicted molar refractivity (Wildman–Crippen MR) is 133 cm³/mol. The maximum atomic E-state index is 13.2. The van der Waals surface area contributed by atoms with Crippen molar-refractivity contribution in [2.75, 3.05) is 25.7 Å². The van der Waals surface area contributed by atoms with Gasteiger partial charge in [0.15, 0.2) is 32.3 Å². The first-order valence-electron chi connectivity index (χ1n) is 11.1. The van der Waals surface area contributed by atoms with Gasteiger partial charge in [0, 0.05) is 19.9 Å². The van der Waals surface area contributed by atoms with E-state index in [1.54, 1.807) is 19.2 Å². The Morgan fingerprint density at radius 2 is 1.89 bits per heavy atom. The molecule has 0 radical (unpaired) electrons. The fraction of sp³-hybridized carbons (Fsp3) is 0.381. The van der Waals surface area contributed by atoms with E-state index in [2.05, 4.69) is 25.6 Å². The first-order valence-corrected chi connectivity index (χ1v) is 13.8. The fourth-order valence-electron chi connectivity index (χ4n) is 4.31. The SMILES string of the molecule is COc1ccc(Cn2nnnc2C2=C(CSc3nc(=O)c(=O)[nH]n3C)CS(=O)(=O)[C@@H]3[C@@H](OC)C(=O)N23)cc1. The van der Waals surface area contributed by atoms with E-state index >= 15 is 0 Å². The van der Waals surface area contributed by atoms with Crippen molar-refractivity contribution in [2.24, 2.45) is 7.05 Å². The molecule has 1 N–H and O–H groups in total. The molecule has 4 heterocycles. The summed E-state index contributed by atoms with van der Waals surface area (Å²) in [6, 6.07) is 7.24.